The van der Waals surface area contributed by atoms with Crippen LogP contribution in [0.4, 0.5) is 0 Å². The first kappa shape index (κ1) is 12.6. The number of carboxylic acid groups (broad SMARTS) is 1. The van der Waals surface area contributed by atoms with Crippen molar-refractivity contribution in [2.45, 2.75) is 25.3 Å². The van der Waals surface area contributed by atoms with Gasteiger partial charge < -0.3 is 10.0 Å². The van der Waals surface area contributed by atoms with Crippen molar-refractivity contribution in [1.29, 1.82) is 0 Å². The van der Waals surface area contributed by atoms with Crippen LogP contribution in [0.25, 0.3) is 11.0 Å². The third-order valence-electron chi connectivity index (χ3n) is 3.61. The summed E-state index contributed by atoms with van der Waals surface area (Å²) in [6.45, 7) is 0.479. The molecule has 7 nitrogen and oxygen atoms in total. The molecule has 7 heteroatoms. The zero-order valence-electron chi connectivity index (χ0n) is 10.7. The minimum Gasteiger partial charge on any atom is -0.480 e. The molecule has 1 saturated heterocycles. The Morgan fingerprint density at radius 1 is 1.25 bits per heavy atom. The van der Waals surface area contributed by atoms with Gasteiger partial charge in [0.2, 0.25) is 0 Å². The summed E-state index contributed by atoms with van der Waals surface area (Å²) in [7, 11) is 0. The summed E-state index contributed by atoms with van der Waals surface area (Å²) in [5.74, 6) is -1.21. The average molecular weight is 274 g/mol. The van der Waals surface area contributed by atoms with Crippen LogP contribution in [0, 0.1) is 0 Å². The number of carboxylic acids is 1. The average Bonchev–Trinajstić information content (AvgIpc) is 2.93. The Labute approximate surface area is 114 Å². The van der Waals surface area contributed by atoms with Crippen molar-refractivity contribution in [3.63, 3.8) is 0 Å². The Hall–Kier alpha value is -2.44. The second kappa shape index (κ2) is 4.92. The molecule has 1 fully saturated rings. The summed E-state index contributed by atoms with van der Waals surface area (Å²) >= 11 is 0. The number of carbonyl (C=O) groups is 2. The van der Waals surface area contributed by atoms with E-state index < -0.39 is 12.0 Å². The van der Waals surface area contributed by atoms with Gasteiger partial charge in [-0.25, -0.2) is 4.79 Å². The van der Waals surface area contributed by atoms with Crippen LogP contribution < -0.4 is 0 Å². The minimum absolute atomic E-state index is 0.262. The molecule has 1 aromatic heterocycles. The molecule has 2 heterocycles. The van der Waals surface area contributed by atoms with Crippen LogP contribution in [0.2, 0.25) is 0 Å². The lowest BCUT2D eigenvalue weighted by Crippen LogP contribution is -2.47. The van der Waals surface area contributed by atoms with E-state index in [1.807, 2.05) is 0 Å². The van der Waals surface area contributed by atoms with Crippen molar-refractivity contribution in [1.82, 2.24) is 20.3 Å². The van der Waals surface area contributed by atoms with Crippen molar-refractivity contribution >= 4 is 22.9 Å². The fourth-order valence-corrected chi connectivity index (χ4v) is 2.57. The van der Waals surface area contributed by atoms with E-state index in [1.165, 1.54) is 4.90 Å². The number of aliphatic carboxylic acids is 1. The molecule has 0 radical (unpaired) electrons. The molecule has 1 aromatic carbocycles. The van der Waals surface area contributed by atoms with Crippen LogP contribution in [-0.2, 0) is 4.79 Å². The number of fused-ring (bicyclic) bond motifs is 1. The predicted octanol–water partition coefficient (Wildman–Crippen LogP) is 1.04. The first-order valence-electron chi connectivity index (χ1n) is 6.51. The van der Waals surface area contributed by atoms with Gasteiger partial charge in [-0.2, -0.15) is 15.4 Å². The lowest BCUT2D eigenvalue weighted by molar-refractivity contribution is -0.143. The zero-order valence-corrected chi connectivity index (χ0v) is 10.7. The summed E-state index contributed by atoms with van der Waals surface area (Å²) in [5.41, 5.74) is 1.72. The van der Waals surface area contributed by atoms with Crippen molar-refractivity contribution < 1.29 is 14.7 Å². The normalized spacial score (nSPS) is 19.2. The number of carbonyl (C=O) groups excluding carboxylic acids is 1. The van der Waals surface area contributed by atoms with Gasteiger partial charge in [0.25, 0.3) is 5.91 Å². The SMILES string of the molecule is O=C(O)C1CCCCN1C(=O)c1ccc2n[nH]nc2c1. The van der Waals surface area contributed by atoms with Gasteiger partial charge in [-0.15, -0.1) is 0 Å². The van der Waals surface area contributed by atoms with E-state index >= 15 is 0 Å². The van der Waals surface area contributed by atoms with Gasteiger partial charge in [-0.05, 0) is 37.5 Å². The number of piperidine rings is 1. The molecule has 3 rings (SSSR count). The monoisotopic (exact) mass is 274 g/mol. The standard InChI is InChI=1S/C13H14N4O3/c18-12(17-6-2-1-3-11(17)13(19)20)8-4-5-9-10(7-8)15-16-14-9/h4-5,7,11H,1-3,6H2,(H,19,20)(H,14,15,16). The number of H-pyrrole nitrogens is 1. The summed E-state index contributed by atoms with van der Waals surface area (Å²) in [6.07, 6.45) is 2.18. The van der Waals surface area contributed by atoms with Gasteiger partial charge in [0.1, 0.15) is 17.1 Å². The second-order valence-electron chi connectivity index (χ2n) is 4.88. The molecule has 1 amide bonds. The summed E-state index contributed by atoms with van der Waals surface area (Å²) in [6, 6.07) is 4.26. The van der Waals surface area contributed by atoms with Crippen LogP contribution >= 0.6 is 0 Å². The van der Waals surface area contributed by atoms with E-state index in [0.29, 0.717) is 29.6 Å². The molecule has 1 aliphatic heterocycles. The van der Waals surface area contributed by atoms with Gasteiger partial charge in [0, 0.05) is 12.1 Å². The molecular weight excluding hydrogens is 260 g/mol. The number of rotatable bonds is 2. The Bertz CT molecular complexity index is 666. The van der Waals surface area contributed by atoms with Crippen molar-refractivity contribution in [2.24, 2.45) is 0 Å². The maximum Gasteiger partial charge on any atom is 0.326 e. The molecule has 0 aliphatic carbocycles. The predicted molar refractivity (Wildman–Crippen MR) is 70.2 cm³/mol. The number of hydrogen-bond donors (Lipinski definition) is 2. The molecule has 1 aliphatic rings. The smallest absolute Gasteiger partial charge is 0.326 e. The van der Waals surface area contributed by atoms with E-state index in [2.05, 4.69) is 15.4 Å². The fraction of sp³-hybridized carbons (Fsp3) is 0.385. The van der Waals surface area contributed by atoms with Crippen LogP contribution in [0.3, 0.4) is 0 Å². The Balaban J connectivity index is 1.91. The second-order valence-corrected chi connectivity index (χ2v) is 4.88. The van der Waals surface area contributed by atoms with Crippen LogP contribution in [-0.4, -0.2) is 49.9 Å². The fourth-order valence-electron chi connectivity index (χ4n) is 2.57. The number of likely N-dealkylation sites (tertiary alicyclic amines) is 1. The van der Waals surface area contributed by atoms with E-state index in [-0.39, 0.29) is 5.91 Å². The van der Waals surface area contributed by atoms with Crippen molar-refractivity contribution in [3.05, 3.63) is 23.8 Å². The summed E-state index contributed by atoms with van der Waals surface area (Å²) < 4.78 is 0. The molecule has 2 N–H and O–H groups in total. The van der Waals surface area contributed by atoms with Gasteiger partial charge >= 0.3 is 5.97 Å². The Kier molecular flexibility index (Phi) is 3.09. The quantitative estimate of drug-likeness (QED) is 0.852. The van der Waals surface area contributed by atoms with Gasteiger partial charge in [-0.1, -0.05) is 0 Å². The van der Waals surface area contributed by atoms with Crippen LogP contribution in [0.15, 0.2) is 18.2 Å². The number of aromatic nitrogens is 3. The highest BCUT2D eigenvalue weighted by atomic mass is 16.4. The Morgan fingerprint density at radius 3 is 2.85 bits per heavy atom. The molecule has 1 unspecified atom stereocenters. The highest BCUT2D eigenvalue weighted by molar-refractivity contribution is 5.99. The largest absolute Gasteiger partial charge is 0.480 e. The third-order valence-corrected chi connectivity index (χ3v) is 3.61. The third kappa shape index (κ3) is 2.11. The Morgan fingerprint density at radius 2 is 2.05 bits per heavy atom. The topological polar surface area (TPSA) is 99.2 Å². The first-order valence-corrected chi connectivity index (χ1v) is 6.51. The molecule has 2 aromatic rings. The zero-order chi connectivity index (χ0) is 14.1. The van der Waals surface area contributed by atoms with Crippen molar-refractivity contribution in [3.8, 4) is 0 Å². The van der Waals surface area contributed by atoms with Crippen LogP contribution in [0.5, 0.6) is 0 Å². The van der Waals surface area contributed by atoms with Gasteiger partial charge in [0.05, 0.1) is 0 Å². The number of amides is 1. The summed E-state index contributed by atoms with van der Waals surface area (Å²) in [5, 5.41) is 19.6. The first-order chi connectivity index (χ1) is 9.66. The van der Waals surface area contributed by atoms with E-state index in [4.69, 9.17) is 0 Å². The maximum atomic E-state index is 12.5. The van der Waals surface area contributed by atoms with Gasteiger partial charge in [0.15, 0.2) is 0 Å². The molecule has 0 bridgehead atoms. The highest BCUT2D eigenvalue weighted by Crippen LogP contribution is 2.21. The number of benzene rings is 1. The van der Waals surface area contributed by atoms with E-state index in [9.17, 15) is 14.7 Å². The highest BCUT2D eigenvalue weighted by Gasteiger charge is 2.32. The van der Waals surface area contributed by atoms with Crippen LogP contribution in [0.1, 0.15) is 29.6 Å². The van der Waals surface area contributed by atoms with E-state index in [1.54, 1.807) is 18.2 Å². The molecule has 20 heavy (non-hydrogen) atoms. The molecular formula is C13H14N4O3. The number of nitrogens with one attached hydrogen (secondary N) is 1. The number of aromatic amines is 1. The number of hydrogen-bond acceptors (Lipinski definition) is 4. The summed E-state index contributed by atoms with van der Waals surface area (Å²) in [4.78, 5) is 25.2. The lowest BCUT2D eigenvalue weighted by atomic mass is 10.0. The van der Waals surface area contributed by atoms with E-state index in [0.717, 1.165) is 12.8 Å². The minimum atomic E-state index is -0.944. The molecule has 104 valence electrons. The lowest BCUT2D eigenvalue weighted by Gasteiger charge is -2.33. The number of nitrogens with zero attached hydrogens (tertiary/aromatic N) is 3. The molecule has 1 atom stereocenters. The van der Waals surface area contributed by atoms with Gasteiger partial charge in [-0.3, -0.25) is 4.79 Å². The molecule has 0 spiro atoms. The molecule has 0 saturated carbocycles. The van der Waals surface area contributed by atoms with Crippen molar-refractivity contribution in [2.75, 3.05) is 6.54 Å². The maximum absolute atomic E-state index is 12.5.